The number of rotatable bonds is 5. The van der Waals surface area contributed by atoms with Crippen LogP contribution < -0.4 is 10.9 Å². The summed E-state index contributed by atoms with van der Waals surface area (Å²) >= 11 is 0. The molecule has 0 radical (unpaired) electrons. The van der Waals surface area contributed by atoms with E-state index in [0.29, 0.717) is 24.0 Å². The first-order chi connectivity index (χ1) is 11.7. The third kappa shape index (κ3) is 3.05. The molecule has 0 aromatic carbocycles. The largest absolute Gasteiger partial charge is 0.354 e. The van der Waals surface area contributed by atoms with Crippen molar-refractivity contribution >= 4 is 16.9 Å². The van der Waals surface area contributed by atoms with E-state index in [1.807, 2.05) is 19.9 Å². The smallest absolute Gasteiger partial charge is 0.263 e. The van der Waals surface area contributed by atoms with Crippen molar-refractivity contribution < 1.29 is 4.79 Å². The molecule has 2 aromatic heterocycles. The van der Waals surface area contributed by atoms with Gasteiger partial charge < -0.3 is 5.32 Å². The topological polar surface area (TPSA) is 76.9 Å². The molecule has 1 N–H and O–H groups in total. The van der Waals surface area contributed by atoms with Crippen LogP contribution in [0.1, 0.15) is 56.8 Å². The van der Waals surface area contributed by atoms with Gasteiger partial charge in [0.05, 0.1) is 5.39 Å². The second-order valence-corrected chi connectivity index (χ2v) is 6.34. The molecule has 2 heterocycles. The van der Waals surface area contributed by atoms with E-state index in [9.17, 15) is 9.59 Å². The summed E-state index contributed by atoms with van der Waals surface area (Å²) in [5.74, 6) is -0.131. The van der Waals surface area contributed by atoms with E-state index in [1.165, 1.54) is 10.9 Å². The molecule has 1 amide bonds. The quantitative estimate of drug-likeness (QED) is 0.912. The Labute approximate surface area is 141 Å². The first-order valence-corrected chi connectivity index (χ1v) is 8.83. The van der Waals surface area contributed by atoms with Crippen molar-refractivity contribution in [2.24, 2.45) is 0 Å². The van der Waals surface area contributed by atoms with Crippen LogP contribution in [0, 0.1) is 0 Å². The molecule has 1 atom stereocenters. The van der Waals surface area contributed by atoms with Gasteiger partial charge in [-0.2, -0.15) is 0 Å². The summed E-state index contributed by atoms with van der Waals surface area (Å²) in [6, 6.07) is 1.40. The highest BCUT2D eigenvalue weighted by Gasteiger charge is 2.21. The maximum atomic E-state index is 12.9. The van der Waals surface area contributed by atoms with Crippen LogP contribution in [0.25, 0.3) is 11.0 Å². The van der Waals surface area contributed by atoms with Gasteiger partial charge in [-0.1, -0.05) is 13.8 Å². The van der Waals surface area contributed by atoms with Crippen LogP contribution >= 0.6 is 0 Å². The zero-order valence-corrected chi connectivity index (χ0v) is 14.3. The molecule has 0 fully saturated rings. The molecule has 24 heavy (non-hydrogen) atoms. The highest BCUT2D eigenvalue weighted by Crippen LogP contribution is 2.22. The number of nitrogens with zero attached hydrogens (tertiary/aromatic N) is 3. The standard InChI is InChI=1S/C18H24N4O2/c1-3-9-19-17(23)15(4-2)22-11-20-16-13(18(22)24)10-12-7-5-6-8-14(12)21-16/h10-11,15H,3-9H2,1-2H3,(H,19,23). The lowest BCUT2D eigenvalue weighted by Crippen LogP contribution is -2.37. The highest BCUT2D eigenvalue weighted by atomic mass is 16.2. The molecule has 6 nitrogen and oxygen atoms in total. The van der Waals surface area contributed by atoms with Crippen molar-refractivity contribution in [1.82, 2.24) is 19.9 Å². The minimum Gasteiger partial charge on any atom is -0.354 e. The molecule has 3 rings (SSSR count). The number of hydrogen-bond acceptors (Lipinski definition) is 4. The molecule has 6 heteroatoms. The summed E-state index contributed by atoms with van der Waals surface area (Å²) in [7, 11) is 0. The molecule has 0 saturated carbocycles. The highest BCUT2D eigenvalue weighted by molar-refractivity contribution is 5.81. The van der Waals surface area contributed by atoms with Gasteiger partial charge in [-0.05, 0) is 50.2 Å². The Morgan fingerprint density at radius 3 is 2.88 bits per heavy atom. The van der Waals surface area contributed by atoms with Gasteiger partial charge in [0.2, 0.25) is 5.91 Å². The first-order valence-electron chi connectivity index (χ1n) is 8.83. The van der Waals surface area contributed by atoms with Crippen molar-refractivity contribution in [2.75, 3.05) is 6.54 Å². The third-order valence-electron chi connectivity index (χ3n) is 4.62. The second kappa shape index (κ2) is 7.11. The number of carbonyl (C=O) groups is 1. The fourth-order valence-electron chi connectivity index (χ4n) is 3.28. The van der Waals surface area contributed by atoms with Crippen LogP contribution in [0.3, 0.4) is 0 Å². The maximum absolute atomic E-state index is 12.9. The Bertz CT molecular complexity index is 813. The predicted molar refractivity (Wildman–Crippen MR) is 93.1 cm³/mol. The van der Waals surface area contributed by atoms with E-state index < -0.39 is 6.04 Å². The van der Waals surface area contributed by atoms with Crippen LogP contribution in [0.5, 0.6) is 0 Å². The lowest BCUT2D eigenvalue weighted by atomic mass is 9.95. The number of nitrogens with one attached hydrogen (secondary N) is 1. The maximum Gasteiger partial charge on any atom is 0.263 e. The molecule has 2 aromatic rings. The number of amides is 1. The Morgan fingerprint density at radius 1 is 1.33 bits per heavy atom. The molecule has 0 spiro atoms. The van der Waals surface area contributed by atoms with Gasteiger partial charge in [-0.3, -0.25) is 14.2 Å². The number of fused-ring (bicyclic) bond motifs is 2. The van der Waals surface area contributed by atoms with Crippen molar-refractivity contribution in [3.8, 4) is 0 Å². The fraction of sp³-hybridized carbons (Fsp3) is 0.556. The number of pyridine rings is 1. The van der Waals surface area contributed by atoms with Crippen molar-refractivity contribution in [3.05, 3.63) is 34.0 Å². The summed E-state index contributed by atoms with van der Waals surface area (Å²) in [5.41, 5.74) is 2.51. The summed E-state index contributed by atoms with van der Waals surface area (Å²) in [6.07, 6.45) is 7.05. The van der Waals surface area contributed by atoms with Crippen molar-refractivity contribution in [1.29, 1.82) is 0 Å². The van der Waals surface area contributed by atoms with E-state index in [1.54, 1.807) is 0 Å². The van der Waals surface area contributed by atoms with Gasteiger partial charge in [-0.25, -0.2) is 9.97 Å². The monoisotopic (exact) mass is 328 g/mol. The van der Waals surface area contributed by atoms with Crippen LogP contribution in [0.2, 0.25) is 0 Å². The van der Waals surface area contributed by atoms with Gasteiger partial charge >= 0.3 is 0 Å². The van der Waals surface area contributed by atoms with Crippen LogP contribution in [-0.2, 0) is 17.6 Å². The Kier molecular flexibility index (Phi) is 4.92. The van der Waals surface area contributed by atoms with Gasteiger partial charge in [0.15, 0.2) is 5.65 Å². The number of aromatic nitrogens is 3. The molecule has 0 bridgehead atoms. The lowest BCUT2D eigenvalue weighted by molar-refractivity contribution is -0.124. The van der Waals surface area contributed by atoms with E-state index in [4.69, 9.17) is 0 Å². The van der Waals surface area contributed by atoms with Crippen LogP contribution in [-0.4, -0.2) is 27.0 Å². The Morgan fingerprint density at radius 2 is 2.12 bits per heavy atom. The molecule has 0 aliphatic heterocycles. The van der Waals surface area contributed by atoms with Crippen molar-refractivity contribution in [2.45, 2.75) is 58.4 Å². The zero-order chi connectivity index (χ0) is 17.1. The summed E-state index contributed by atoms with van der Waals surface area (Å²) in [5, 5.41) is 3.38. The molecule has 1 aliphatic rings. The van der Waals surface area contributed by atoms with E-state index in [2.05, 4.69) is 15.3 Å². The Balaban J connectivity index is 2.04. The summed E-state index contributed by atoms with van der Waals surface area (Å²) < 4.78 is 1.45. The van der Waals surface area contributed by atoms with Crippen LogP contribution in [0.4, 0.5) is 0 Å². The van der Waals surface area contributed by atoms with Gasteiger partial charge in [0.1, 0.15) is 12.4 Å². The number of hydrogen-bond donors (Lipinski definition) is 1. The average molecular weight is 328 g/mol. The van der Waals surface area contributed by atoms with Gasteiger partial charge in [0.25, 0.3) is 5.56 Å². The number of aryl methyl sites for hydroxylation is 2. The predicted octanol–water partition coefficient (Wildman–Crippen LogP) is 2.15. The summed E-state index contributed by atoms with van der Waals surface area (Å²) in [6.45, 7) is 4.51. The molecular weight excluding hydrogens is 304 g/mol. The minimum atomic E-state index is -0.531. The molecule has 1 aliphatic carbocycles. The van der Waals surface area contributed by atoms with E-state index in [0.717, 1.165) is 43.4 Å². The summed E-state index contributed by atoms with van der Waals surface area (Å²) in [4.78, 5) is 34.2. The van der Waals surface area contributed by atoms with E-state index >= 15 is 0 Å². The minimum absolute atomic E-state index is 0.131. The van der Waals surface area contributed by atoms with Crippen molar-refractivity contribution in [3.63, 3.8) is 0 Å². The molecule has 0 saturated heterocycles. The lowest BCUT2D eigenvalue weighted by Gasteiger charge is -2.19. The third-order valence-corrected chi connectivity index (χ3v) is 4.62. The average Bonchev–Trinajstić information content (AvgIpc) is 2.61. The van der Waals surface area contributed by atoms with Gasteiger partial charge in [-0.15, -0.1) is 0 Å². The zero-order valence-electron chi connectivity index (χ0n) is 14.3. The fourth-order valence-corrected chi connectivity index (χ4v) is 3.28. The second-order valence-electron chi connectivity index (χ2n) is 6.34. The van der Waals surface area contributed by atoms with Crippen LogP contribution in [0.15, 0.2) is 17.2 Å². The first kappa shape index (κ1) is 16.6. The van der Waals surface area contributed by atoms with E-state index in [-0.39, 0.29) is 11.5 Å². The number of carbonyl (C=O) groups excluding carboxylic acids is 1. The Hall–Kier alpha value is -2.24. The molecule has 128 valence electrons. The molecule has 1 unspecified atom stereocenters. The molecular formula is C18H24N4O2. The SMILES string of the molecule is CCCNC(=O)C(CC)n1cnc2nc3c(cc2c1=O)CCCC3. The normalized spacial score (nSPS) is 15.1. The van der Waals surface area contributed by atoms with Gasteiger partial charge in [0, 0.05) is 12.2 Å².